The van der Waals surface area contributed by atoms with E-state index in [0.29, 0.717) is 11.6 Å². The number of carbonyl (C=O) groups excluding carboxylic acids is 2. The number of hydrogen-bond donors (Lipinski definition) is 2. The fraction of sp³-hybridized carbons (Fsp3) is 0.455. The van der Waals surface area contributed by atoms with Crippen LogP contribution in [0.4, 0.5) is 5.82 Å². The predicted octanol–water partition coefficient (Wildman–Crippen LogP) is -0.172. The van der Waals surface area contributed by atoms with Gasteiger partial charge in [-0.25, -0.2) is 0 Å². The lowest BCUT2D eigenvalue weighted by Gasteiger charge is -2.20. The summed E-state index contributed by atoms with van der Waals surface area (Å²) in [6.07, 6.45) is 1.47. The molecule has 1 fully saturated rings. The first-order valence-corrected chi connectivity index (χ1v) is 7.04. The molecule has 1 saturated heterocycles. The van der Waals surface area contributed by atoms with Gasteiger partial charge in [-0.3, -0.25) is 19.1 Å². The average molecular weight is 298 g/mol. The van der Waals surface area contributed by atoms with Gasteiger partial charge in [0, 0.05) is 24.9 Å². The van der Waals surface area contributed by atoms with E-state index in [2.05, 4.69) is 10.4 Å². The summed E-state index contributed by atoms with van der Waals surface area (Å²) in [7, 11) is 0. The van der Waals surface area contributed by atoms with E-state index in [9.17, 15) is 14.4 Å². The molecule has 2 heterocycles. The van der Waals surface area contributed by atoms with Gasteiger partial charge in [0.1, 0.15) is 12.6 Å². The van der Waals surface area contributed by atoms with Crippen molar-refractivity contribution in [2.45, 2.75) is 19.5 Å². The maximum Gasteiger partial charge on any atom is 0.325 e. The van der Waals surface area contributed by atoms with Gasteiger partial charge in [-0.05, 0) is 0 Å². The largest absolute Gasteiger partial charge is 0.480 e. The lowest BCUT2D eigenvalue weighted by atomic mass is 10.2. The van der Waals surface area contributed by atoms with Crippen LogP contribution in [0.5, 0.6) is 0 Å². The average Bonchev–Trinajstić information content (AvgIpc) is 2.96. The van der Waals surface area contributed by atoms with Crippen LogP contribution in [0.25, 0.3) is 0 Å². The second-order valence-electron chi connectivity index (χ2n) is 4.29. The third kappa shape index (κ3) is 3.29. The maximum atomic E-state index is 12.1. The van der Waals surface area contributed by atoms with Crippen LogP contribution in [0.2, 0.25) is 0 Å². The highest BCUT2D eigenvalue weighted by Crippen LogP contribution is 2.21. The fourth-order valence-electron chi connectivity index (χ4n) is 1.83. The Morgan fingerprint density at radius 2 is 2.30 bits per heavy atom. The first-order valence-electron chi connectivity index (χ1n) is 5.88. The zero-order valence-electron chi connectivity index (χ0n) is 10.8. The summed E-state index contributed by atoms with van der Waals surface area (Å²) in [6.45, 7) is 1.16. The molecule has 1 aromatic heterocycles. The highest BCUT2D eigenvalue weighted by Gasteiger charge is 2.33. The molecule has 1 unspecified atom stereocenters. The van der Waals surface area contributed by atoms with Gasteiger partial charge in [-0.15, -0.1) is 11.8 Å². The molecule has 108 valence electrons. The van der Waals surface area contributed by atoms with Crippen molar-refractivity contribution in [2.24, 2.45) is 0 Å². The molecule has 1 aliphatic rings. The van der Waals surface area contributed by atoms with Crippen molar-refractivity contribution >= 4 is 35.4 Å². The van der Waals surface area contributed by atoms with Crippen LogP contribution in [0.15, 0.2) is 12.3 Å². The third-order valence-corrected chi connectivity index (χ3v) is 3.79. The number of nitrogens with zero attached hydrogens (tertiary/aromatic N) is 3. The maximum absolute atomic E-state index is 12.1. The molecule has 0 bridgehead atoms. The first kappa shape index (κ1) is 14.4. The zero-order valence-corrected chi connectivity index (χ0v) is 11.6. The smallest absolute Gasteiger partial charge is 0.325 e. The van der Waals surface area contributed by atoms with Gasteiger partial charge in [0.15, 0.2) is 5.82 Å². The van der Waals surface area contributed by atoms with Crippen LogP contribution in [-0.4, -0.2) is 55.2 Å². The van der Waals surface area contributed by atoms with Crippen molar-refractivity contribution in [1.29, 1.82) is 0 Å². The molecule has 2 rings (SSSR count). The predicted molar refractivity (Wildman–Crippen MR) is 72.1 cm³/mol. The van der Waals surface area contributed by atoms with E-state index in [-0.39, 0.29) is 24.2 Å². The molecule has 1 aromatic rings. The Bertz CT molecular complexity index is 544. The monoisotopic (exact) mass is 298 g/mol. The number of aliphatic carboxylic acids is 1. The minimum absolute atomic E-state index is 0.147. The Kier molecular flexibility index (Phi) is 4.28. The van der Waals surface area contributed by atoms with Crippen LogP contribution >= 0.6 is 11.8 Å². The van der Waals surface area contributed by atoms with Gasteiger partial charge >= 0.3 is 5.97 Å². The van der Waals surface area contributed by atoms with Gasteiger partial charge in [0.2, 0.25) is 11.8 Å². The van der Waals surface area contributed by atoms with E-state index < -0.39 is 12.0 Å². The van der Waals surface area contributed by atoms with Crippen LogP contribution < -0.4 is 5.32 Å². The Morgan fingerprint density at radius 3 is 2.95 bits per heavy atom. The number of amides is 2. The van der Waals surface area contributed by atoms with Crippen molar-refractivity contribution < 1.29 is 19.5 Å². The molecule has 2 amide bonds. The van der Waals surface area contributed by atoms with Crippen molar-refractivity contribution in [2.75, 3.05) is 16.9 Å². The molecule has 9 heteroatoms. The van der Waals surface area contributed by atoms with E-state index in [1.165, 1.54) is 40.5 Å². The van der Waals surface area contributed by atoms with Crippen LogP contribution in [-0.2, 0) is 20.9 Å². The number of rotatable bonds is 4. The van der Waals surface area contributed by atoms with Crippen molar-refractivity contribution in [1.82, 2.24) is 14.7 Å². The molecule has 1 atom stereocenters. The summed E-state index contributed by atoms with van der Waals surface area (Å²) in [5, 5.41) is 15.1. The van der Waals surface area contributed by atoms with Crippen LogP contribution in [0, 0.1) is 0 Å². The number of hydrogen-bond acceptors (Lipinski definition) is 5. The summed E-state index contributed by atoms with van der Waals surface area (Å²) in [5.41, 5.74) is 0. The first-order chi connectivity index (χ1) is 9.47. The van der Waals surface area contributed by atoms with E-state index in [1.54, 1.807) is 0 Å². The Morgan fingerprint density at radius 1 is 1.55 bits per heavy atom. The van der Waals surface area contributed by atoms with Gasteiger partial charge in [-0.1, -0.05) is 0 Å². The van der Waals surface area contributed by atoms with E-state index >= 15 is 0 Å². The van der Waals surface area contributed by atoms with Gasteiger partial charge in [-0.2, -0.15) is 5.10 Å². The third-order valence-electron chi connectivity index (χ3n) is 2.78. The number of thioether (sulfide) groups is 1. The summed E-state index contributed by atoms with van der Waals surface area (Å²) in [4.78, 5) is 35.5. The lowest BCUT2D eigenvalue weighted by Crippen LogP contribution is -2.43. The van der Waals surface area contributed by atoms with E-state index in [4.69, 9.17) is 5.11 Å². The summed E-state index contributed by atoms with van der Waals surface area (Å²) in [6, 6.07) is 1.00. The van der Waals surface area contributed by atoms with E-state index in [0.717, 1.165) is 0 Å². The number of nitrogens with one attached hydrogen (secondary N) is 1. The Hall–Kier alpha value is -2.03. The molecule has 1 aliphatic heterocycles. The highest BCUT2D eigenvalue weighted by atomic mass is 32.2. The van der Waals surface area contributed by atoms with Crippen molar-refractivity contribution in [3.63, 3.8) is 0 Å². The zero-order chi connectivity index (χ0) is 14.7. The number of carboxylic acids is 1. The second-order valence-corrected chi connectivity index (χ2v) is 5.29. The summed E-state index contributed by atoms with van der Waals surface area (Å²) in [5.74, 6) is -0.155. The molecule has 0 radical (unpaired) electrons. The standard InChI is InChI=1S/C11H14N4O4S/c1-7(16)15-6-20-5-8(15)11(19)12-9-2-3-14(13-9)4-10(17)18/h2-3,8H,4-6H2,1H3,(H,17,18)(H,12,13,19). The lowest BCUT2D eigenvalue weighted by molar-refractivity contribution is -0.138. The molecule has 8 nitrogen and oxygen atoms in total. The van der Waals surface area contributed by atoms with Crippen LogP contribution in [0.1, 0.15) is 6.92 Å². The molecular formula is C11H14N4O4S. The SMILES string of the molecule is CC(=O)N1CSCC1C(=O)Nc1ccn(CC(=O)O)n1. The van der Waals surface area contributed by atoms with Gasteiger partial charge < -0.3 is 15.3 Å². The Labute approximate surface area is 119 Å². The molecule has 20 heavy (non-hydrogen) atoms. The second kappa shape index (κ2) is 5.95. The fourth-order valence-corrected chi connectivity index (χ4v) is 3.05. The molecule has 2 N–H and O–H groups in total. The minimum atomic E-state index is -1.01. The van der Waals surface area contributed by atoms with E-state index in [1.807, 2.05) is 0 Å². The summed E-state index contributed by atoms with van der Waals surface area (Å²) >= 11 is 1.51. The molecule has 0 saturated carbocycles. The Balaban J connectivity index is 1.99. The molecular weight excluding hydrogens is 284 g/mol. The number of carboxylic acid groups (broad SMARTS) is 1. The molecule has 0 spiro atoms. The van der Waals surface area contributed by atoms with Gasteiger partial charge in [0.05, 0.1) is 5.88 Å². The molecule has 0 aromatic carbocycles. The normalized spacial score (nSPS) is 18.1. The van der Waals surface area contributed by atoms with Crippen molar-refractivity contribution in [3.05, 3.63) is 12.3 Å². The molecule has 0 aliphatic carbocycles. The van der Waals surface area contributed by atoms with Crippen LogP contribution in [0.3, 0.4) is 0 Å². The number of anilines is 1. The number of aromatic nitrogens is 2. The summed E-state index contributed by atoms with van der Waals surface area (Å²) < 4.78 is 1.21. The minimum Gasteiger partial charge on any atom is -0.480 e. The topological polar surface area (TPSA) is 105 Å². The highest BCUT2D eigenvalue weighted by molar-refractivity contribution is 7.99. The number of carbonyl (C=O) groups is 3. The van der Waals surface area contributed by atoms with Gasteiger partial charge in [0.25, 0.3) is 0 Å². The quantitative estimate of drug-likeness (QED) is 0.799. The van der Waals surface area contributed by atoms with Crippen molar-refractivity contribution in [3.8, 4) is 0 Å².